The highest BCUT2D eigenvalue weighted by molar-refractivity contribution is 6.00. The van der Waals surface area contributed by atoms with E-state index in [4.69, 9.17) is 5.11 Å². The van der Waals surface area contributed by atoms with Gasteiger partial charge in [-0.1, -0.05) is 17.7 Å². The van der Waals surface area contributed by atoms with Crippen LogP contribution in [0.4, 0.5) is 14.9 Å². The number of halogens is 1. The molecule has 0 bridgehead atoms. The second-order valence-electron chi connectivity index (χ2n) is 4.64. The number of nitrogens with one attached hydrogen (secondary N) is 1. The standard InChI is InChI=1S/C14H15FN2O3/c1-9-5-7-17(8-6-9)14(20)16-11-4-2-3-10(15)12(11)13(18)19/h2-5H,6-8H2,1H3,(H,16,20)(H,18,19). The lowest BCUT2D eigenvalue weighted by molar-refractivity contribution is 0.0693. The lowest BCUT2D eigenvalue weighted by Gasteiger charge is -2.26. The Kier molecular flexibility index (Phi) is 4.02. The van der Waals surface area contributed by atoms with Crippen LogP contribution in [-0.2, 0) is 0 Å². The molecule has 0 spiro atoms. The molecule has 0 fully saturated rings. The predicted octanol–water partition coefficient (Wildman–Crippen LogP) is 2.71. The number of amides is 2. The molecule has 1 aromatic carbocycles. The molecule has 0 saturated carbocycles. The van der Waals surface area contributed by atoms with Crippen molar-refractivity contribution in [3.63, 3.8) is 0 Å². The van der Waals surface area contributed by atoms with Crippen LogP contribution in [0.2, 0.25) is 0 Å². The Labute approximate surface area is 115 Å². The maximum absolute atomic E-state index is 13.5. The summed E-state index contributed by atoms with van der Waals surface area (Å²) in [5.41, 5.74) is 0.657. The topological polar surface area (TPSA) is 69.6 Å². The summed E-state index contributed by atoms with van der Waals surface area (Å²) in [6, 6.07) is 3.35. The van der Waals surface area contributed by atoms with Crippen LogP contribution in [0.1, 0.15) is 23.7 Å². The van der Waals surface area contributed by atoms with Crippen molar-refractivity contribution in [1.29, 1.82) is 0 Å². The maximum Gasteiger partial charge on any atom is 0.340 e. The predicted molar refractivity (Wildman–Crippen MR) is 72.3 cm³/mol. The van der Waals surface area contributed by atoms with Crippen molar-refractivity contribution in [3.8, 4) is 0 Å². The van der Waals surface area contributed by atoms with Gasteiger partial charge in [0.25, 0.3) is 0 Å². The van der Waals surface area contributed by atoms with Crippen molar-refractivity contribution in [2.75, 3.05) is 18.4 Å². The van der Waals surface area contributed by atoms with Crippen molar-refractivity contribution in [2.45, 2.75) is 13.3 Å². The minimum Gasteiger partial charge on any atom is -0.478 e. The Morgan fingerprint density at radius 3 is 2.75 bits per heavy atom. The third-order valence-corrected chi connectivity index (χ3v) is 3.19. The Bertz CT molecular complexity index is 584. The highest BCUT2D eigenvalue weighted by Crippen LogP contribution is 2.20. The fourth-order valence-electron chi connectivity index (χ4n) is 2.00. The second-order valence-corrected chi connectivity index (χ2v) is 4.64. The van der Waals surface area contributed by atoms with Gasteiger partial charge in [-0.3, -0.25) is 0 Å². The molecule has 1 aliphatic heterocycles. The maximum atomic E-state index is 13.5. The Morgan fingerprint density at radius 2 is 2.15 bits per heavy atom. The van der Waals surface area contributed by atoms with E-state index in [9.17, 15) is 14.0 Å². The Morgan fingerprint density at radius 1 is 1.40 bits per heavy atom. The molecule has 5 nitrogen and oxygen atoms in total. The average Bonchev–Trinajstić information content (AvgIpc) is 2.39. The molecule has 0 aliphatic carbocycles. The Hall–Kier alpha value is -2.37. The average molecular weight is 278 g/mol. The summed E-state index contributed by atoms with van der Waals surface area (Å²) >= 11 is 0. The smallest absolute Gasteiger partial charge is 0.340 e. The summed E-state index contributed by atoms with van der Waals surface area (Å²) in [6.07, 6.45) is 2.72. The van der Waals surface area contributed by atoms with E-state index in [1.165, 1.54) is 17.7 Å². The van der Waals surface area contributed by atoms with E-state index in [0.29, 0.717) is 13.1 Å². The molecule has 2 rings (SSSR count). The highest BCUT2D eigenvalue weighted by atomic mass is 19.1. The minimum absolute atomic E-state index is 0.0335. The largest absolute Gasteiger partial charge is 0.478 e. The number of rotatable bonds is 2. The first-order valence-electron chi connectivity index (χ1n) is 6.22. The number of hydrogen-bond donors (Lipinski definition) is 2. The number of aromatic carboxylic acids is 1. The molecule has 106 valence electrons. The molecular weight excluding hydrogens is 263 g/mol. The summed E-state index contributed by atoms with van der Waals surface area (Å²) in [6.45, 7) is 3.02. The first-order chi connectivity index (χ1) is 9.49. The van der Waals surface area contributed by atoms with Crippen LogP contribution >= 0.6 is 0 Å². The number of carboxylic acids is 1. The monoisotopic (exact) mass is 278 g/mol. The lowest BCUT2D eigenvalue weighted by atomic mass is 10.1. The summed E-state index contributed by atoms with van der Waals surface area (Å²) in [7, 11) is 0. The van der Waals surface area contributed by atoms with Crippen LogP contribution in [0.3, 0.4) is 0 Å². The normalized spacial score (nSPS) is 14.7. The number of carbonyl (C=O) groups excluding carboxylic acids is 1. The molecule has 1 aromatic rings. The first-order valence-corrected chi connectivity index (χ1v) is 6.22. The third-order valence-electron chi connectivity index (χ3n) is 3.19. The zero-order chi connectivity index (χ0) is 14.7. The van der Waals surface area contributed by atoms with Gasteiger partial charge in [0.2, 0.25) is 0 Å². The van der Waals surface area contributed by atoms with E-state index in [1.807, 2.05) is 13.0 Å². The van der Waals surface area contributed by atoms with E-state index >= 15 is 0 Å². The van der Waals surface area contributed by atoms with E-state index in [0.717, 1.165) is 12.5 Å². The number of carbonyl (C=O) groups is 2. The van der Waals surface area contributed by atoms with Crippen LogP contribution in [0, 0.1) is 5.82 Å². The van der Waals surface area contributed by atoms with Gasteiger partial charge in [0.1, 0.15) is 11.4 Å². The molecule has 20 heavy (non-hydrogen) atoms. The summed E-state index contributed by atoms with van der Waals surface area (Å²) in [5, 5.41) is 11.4. The number of urea groups is 1. The van der Waals surface area contributed by atoms with E-state index in [2.05, 4.69) is 5.32 Å². The zero-order valence-corrected chi connectivity index (χ0v) is 11.0. The number of hydrogen-bond acceptors (Lipinski definition) is 2. The molecule has 1 heterocycles. The van der Waals surface area contributed by atoms with Gasteiger partial charge in [-0.2, -0.15) is 0 Å². The fraction of sp³-hybridized carbons (Fsp3) is 0.286. The molecule has 0 unspecified atom stereocenters. The van der Waals surface area contributed by atoms with Gasteiger partial charge >= 0.3 is 12.0 Å². The van der Waals surface area contributed by atoms with Crippen molar-refractivity contribution >= 4 is 17.7 Å². The van der Waals surface area contributed by atoms with Gasteiger partial charge in [-0.05, 0) is 25.5 Å². The van der Waals surface area contributed by atoms with E-state index in [-0.39, 0.29) is 5.69 Å². The molecule has 0 atom stereocenters. The molecule has 0 aromatic heterocycles. The quantitative estimate of drug-likeness (QED) is 0.817. The number of anilines is 1. The summed E-state index contributed by atoms with van der Waals surface area (Å²) in [4.78, 5) is 24.6. The lowest BCUT2D eigenvalue weighted by Crippen LogP contribution is -2.38. The van der Waals surface area contributed by atoms with Gasteiger partial charge in [0, 0.05) is 13.1 Å². The first kappa shape index (κ1) is 14.0. The van der Waals surface area contributed by atoms with E-state index in [1.54, 1.807) is 4.90 Å². The molecular formula is C14H15FN2O3. The van der Waals surface area contributed by atoms with Crippen LogP contribution in [-0.4, -0.2) is 35.1 Å². The van der Waals surface area contributed by atoms with Crippen LogP contribution in [0.5, 0.6) is 0 Å². The Balaban J connectivity index is 2.16. The van der Waals surface area contributed by atoms with Gasteiger partial charge < -0.3 is 15.3 Å². The van der Waals surface area contributed by atoms with E-state index < -0.39 is 23.4 Å². The van der Waals surface area contributed by atoms with Crippen LogP contribution in [0.25, 0.3) is 0 Å². The van der Waals surface area contributed by atoms with Gasteiger partial charge in [0.15, 0.2) is 0 Å². The summed E-state index contributed by atoms with van der Waals surface area (Å²) in [5.74, 6) is -2.28. The van der Waals surface area contributed by atoms with Crippen LogP contribution < -0.4 is 5.32 Å². The molecule has 6 heteroatoms. The number of carboxylic acid groups (broad SMARTS) is 1. The van der Waals surface area contributed by atoms with Crippen molar-refractivity contribution in [2.24, 2.45) is 0 Å². The second kappa shape index (κ2) is 5.73. The van der Waals surface area contributed by atoms with Crippen molar-refractivity contribution < 1.29 is 19.1 Å². The number of benzene rings is 1. The number of nitrogens with zero attached hydrogens (tertiary/aromatic N) is 1. The molecule has 0 saturated heterocycles. The molecule has 2 amide bonds. The summed E-state index contributed by atoms with van der Waals surface area (Å²) < 4.78 is 13.5. The van der Waals surface area contributed by atoms with Gasteiger partial charge in [-0.25, -0.2) is 14.0 Å². The fourth-order valence-corrected chi connectivity index (χ4v) is 2.00. The highest BCUT2D eigenvalue weighted by Gasteiger charge is 2.20. The molecule has 1 aliphatic rings. The molecule has 2 N–H and O–H groups in total. The third kappa shape index (κ3) is 2.96. The SMILES string of the molecule is CC1=CCN(C(=O)Nc2cccc(F)c2C(=O)O)CC1. The van der Waals surface area contributed by atoms with Gasteiger partial charge in [0.05, 0.1) is 5.69 Å². The molecule has 0 radical (unpaired) electrons. The van der Waals surface area contributed by atoms with Gasteiger partial charge in [-0.15, -0.1) is 0 Å². The van der Waals surface area contributed by atoms with Crippen molar-refractivity contribution in [3.05, 3.63) is 41.2 Å². The van der Waals surface area contributed by atoms with Crippen molar-refractivity contribution in [1.82, 2.24) is 4.90 Å². The van der Waals surface area contributed by atoms with Crippen LogP contribution in [0.15, 0.2) is 29.8 Å². The zero-order valence-electron chi connectivity index (χ0n) is 11.0. The minimum atomic E-state index is -1.41.